The van der Waals surface area contributed by atoms with Gasteiger partial charge in [-0.3, -0.25) is 0 Å². The summed E-state index contributed by atoms with van der Waals surface area (Å²) < 4.78 is 0. The van der Waals surface area contributed by atoms with Gasteiger partial charge in [0.25, 0.3) is 0 Å². The predicted molar refractivity (Wildman–Crippen MR) is 106 cm³/mol. The fraction of sp³-hybridized carbons (Fsp3) is 0.375. The second kappa shape index (κ2) is 8.33. The molecule has 24 heavy (non-hydrogen) atoms. The fourth-order valence-electron chi connectivity index (χ4n) is 3.59. The van der Waals surface area contributed by atoms with Crippen molar-refractivity contribution in [3.63, 3.8) is 0 Å². The lowest BCUT2D eigenvalue weighted by molar-refractivity contribution is 0.668. The van der Waals surface area contributed by atoms with Crippen molar-refractivity contribution in [2.75, 3.05) is 0 Å². The van der Waals surface area contributed by atoms with Crippen LogP contribution in [0.5, 0.6) is 0 Å². The van der Waals surface area contributed by atoms with Crippen LogP contribution in [0.15, 0.2) is 48.0 Å². The highest BCUT2D eigenvalue weighted by atomic mass is 14.2. The number of rotatable bonds is 8. The van der Waals surface area contributed by atoms with Gasteiger partial charge in [-0.25, -0.2) is 0 Å². The maximum Gasteiger partial charge on any atom is 0.0164 e. The molecule has 0 atom stereocenters. The molecule has 0 nitrogen and oxygen atoms in total. The van der Waals surface area contributed by atoms with Gasteiger partial charge >= 0.3 is 0 Å². The summed E-state index contributed by atoms with van der Waals surface area (Å²) in [7, 11) is 0. The first-order valence-electron chi connectivity index (χ1n) is 9.59. The van der Waals surface area contributed by atoms with E-state index in [4.69, 9.17) is 0 Å². The van der Waals surface area contributed by atoms with Crippen molar-refractivity contribution in [1.29, 1.82) is 0 Å². The van der Waals surface area contributed by atoms with Gasteiger partial charge in [0.05, 0.1) is 0 Å². The molecule has 1 aliphatic carbocycles. The summed E-state index contributed by atoms with van der Waals surface area (Å²) in [6.45, 7) is 4.51. The standard InChI is InChI=1S/C24H29/c1-3-5-6-7-10-20-17-22-11-8-12-23(24(22)18-20)21-15-13-19(9-4-2)14-16-21/h8,11-18H,3-7,9-10H2,1-2H3. The quantitative estimate of drug-likeness (QED) is 0.451. The van der Waals surface area contributed by atoms with E-state index in [2.05, 4.69) is 68.8 Å². The first-order valence-corrected chi connectivity index (χ1v) is 9.59. The number of allylic oxidation sites excluding steroid dienone is 1. The highest BCUT2D eigenvalue weighted by molar-refractivity contribution is 5.83. The lowest BCUT2D eigenvalue weighted by Crippen LogP contribution is -1.88. The summed E-state index contributed by atoms with van der Waals surface area (Å²) >= 11 is 0. The van der Waals surface area contributed by atoms with Crippen molar-refractivity contribution < 1.29 is 0 Å². The molecule has 2 aromatic rings. The Morgan fingerprint density at radius 2 is 1.58 bits per heavy atom. The molecule has 0 aromatic heterocycles. The molecule has 0 saturated carbocycles. The van der Waals surface area contributed by atoms with Crippen LogP contribution in [0.2, 0.25) is 0 Å². The molecule has 0 aliphatic heterocycles. The smallest absolute Gasteiger partial charge is 0.0164 e. The summed E-state index contributed by atoms with van der Waals surface area (Å²) in [6, 6.07) is 15.8. The van der Waals surface area contributed by atoms with Gasteiger partial charge < -0.3 is 0 Å². The van der Waals surface area contributed by atoms with E-state index in [1.165, 1.54) is 78.3 Å². The van der Waals surface area contributed by atoms with Gasteiger partial charge in [-0.2, -0.15) is 0 Å². The van der Waals surface area contributed by atoms with Crippen molar-refractivity contribution in [2.24, 2.45) is 0 Å². The van der Waals surface area contributed by atoms with Crippen LogP contribution < -0.4 is 0 Å². The third kappa shape index (κ3) is 3.98. The minimum Gasteiger partial charge on any atom is -0.0654 e. The maximum absolute atomic E-state index is 2.41. The second-order valence-electron chi connectivity index (χ2n) is 6.93. The van der Waals surface area contributed by atoms with Crippen LogP contribution in [0.3, 0.4) is 0 Å². The Labute approximate surface area is 147 Å². The normalized spacial score (nSPS) is 13.0. The van der Waals surface area contributed by atoms with E-state index in [1.807, 2.05) is 0 Å². The molecule has 0 bridgehead atoms. The van der Waals surface area contributed by atoms with Gasteiger partial charge in [0, 0.05) is 6.42 Å². The lowest BCUT2D eigenvalue weighted by atomic mass is 9.96. The third-order valence-electron chi connectivity index (χ3n) is 4.93. The average molecular weight is 317 g/mol. The van der Waals surface area contributed by atoms with Gasteiger partial charge in [-0.15, -0.1) is 0 Å². The highest BCUT2D eigenvalue weighted by Gasteiger charge is 2.16. The van der Waals surface area contributed by atoms with Crippen LogP contribution in [0.4, 0.5) is 0 Å². The van der Waals surface area contributed by atoms with Crippen LogP contribution in [0, 0.1) is 6.42 Å². The molecule has 0 N–H and O–H groups in total. The predicted octanol–water partition coefficient (Wildman–Crippen LogP) is 7.23. The van der Waals surface area contributed by atoms with E-state index >= 15 is 0 Å². The van der Waals surface area contributed by atoms with Crippen LogP contribution >= 0.6 is 0 Å². The fourth-order valence-corrected chi connectivity index (χ4v) is 3.59. The van der Waals surface area contributed by atoms with Crippen LogP contribution in [-0.2, 0) is 6.42 Å². The van der Waals surface area contributed by atoms with E-state index in [0.29, 0.717) is 0 Å². The van der Waals surface area contributed by atoms with E-state index in [9.17, 15) is 0 Å². The van der Waals surface area contributed by atoms with Crippen LogP contribution in [0.1, 0.15) is 69.1 Å². The molecule has 1 aliphatic rings. The van der Waals surface area contributed by atoms with Crippen molar-refractivity contribution in [3.8, 4) is 11.1 Å². The zero-order chi connectivity index (χ0) is 16.8. The molecule has 0 heterocycles. The second-order valence-corrected chi connectivity index (χ2v) is 6.93. The summed E-state index contributed by atoms with van der Waals surface area (Å²) in [5.74, 6) is 0. The van der Waals surface area contributed by atoms with E-state index in [-0.39, 0.29) is 0 Å². The maximum atomic E-state index is 2.41. The minimum absolute atomic E-state index is 1.17. The molecule has 0 heteroatoms. The summed E-state index contributed by atoms with van der Waals surface area (Å²) in [5.41, 5.74) is 8.43. The Morgan fingerprint density at radius 1 is 0.750 bits per heavy atom. The number of hydrogen-bond acceptors (Lipinski definition) is 0. The molecule has 1 radical (unpaired) electrons. The zero-order valence-corrected chi connectivity index (χ0v) is 15.1. The van der Waals surface area contributed by atoms with Crippen molar-refractivity contribution in [2.45, 2.75) is 58.8 Å². The molecular weight excluding hydrogens is 288 g/mol. The number of benzene rings is 2. The monoisotopic (exact) mass is 317 g/mol. The van der Waals surface area contributed by atoms with Crippen molar-refractivity contribution in [1.82, 2.24) is 0 Å². The first-order chi connectivity index (χ1) is 11.8. The SMILES string of the molecule is CCCCCCC1=Cc2c(cccc2-c2ccc(CCC)cc2)[CH]1. The largest absolute Gasteiger partial charge is 0.0654 e. The van der Waals surface area contributed by atoms with Crippen molar-refractivity contribution in [3.05, 3.63) is 71.1 Å². The Balaban J connectivity index is 1.77. The minimum atomic E-state index is 1.17. The Hall–Kier alpha value is -1.82. The molecule has 0 saturated heterocycles. The van der Waals surface area contributed by atoms with Gasteiger partial charge in [0.1, 0.15) is 0 Å². The van der Waals surface area contributed by atoms with E-state index in [0.717, 1.165) is 0 Å². The number of hydrogen-bond donors (Lipinski definition) is 0. The van der Waals surface area contributed by atoms with Gasteiger partial charge in [-0.1, -0.05) is 93.6 Å². The van der Waals surface area contributed by atoms with Gasteiger partial charge in [-0.05, 0) is 47.1 Å². The molecule has 3 rings (SSSR count). The molecule has 2 aromatic carbocycles. The number of fused-ring (bicyclic) bond motifs is 1. The third-order valence-corrected chi connectivity index (χ3v) is 4.93. The summed E-state index contributed by atoms with van der Waals surface area (Å²) in [4.78, 5) is 0. The van der Waals surface area contributed by atoms with Gasteiger partial charge in [0.2, 0.25) is 0 Å². The number of aryl methyl sites for hydroxylation is 1. The summed E-state index contributed by atoms with van der Waals surface area (Å²) in [6.07, 6.45) is 13.7. The molecule has 0 amide bonds. The lowest BCUT2D eigenvalue weighted by Gasteiger charge is -2.08. The average Bonchev–Trinajstić information content (AvgIpc) is 3.03. The number of unbranched alkanes of at least 4 members (excludes halogenated alkanes) is 3. The Bertz CT molecular complexity index is 688. The topological polar surface area (TPSA) is 0 Å². The van der Waals surface area contributed by atoms with E-state index < -0.39 is 0 Å². The van der Waals surface area contributed by atoms with Gasteiger partial charge in [0.15, 0.2) is 0 Å². The zero-order valence-electron chi connectivity index (χ0n) is 15.1. The molecule has 0 fully saturated rings. The Morgan fingerprint density at radius 3 is 2.33 bits per heavy atom. The summed E-state index contributed by atoms with van der Waals surface area (Å²) in [5, 5.41) is 0. The molecule has 0 unspecified atom stereocenters. The van der Waals surface area contributed by atoms with Crippen LogP contribution in [0.25, 0.3) is 17.2 Å². The molecule has 125 valence electrons. The highest BCUT2D eigenvalue weighted by Crippen LogP contribution is 2.36. The van der Waals surface area contributed by atoms with E-state index in [1.54, 1.807) is 0 Å². The van der Waals surface area contributed by atoms with Crippen molar-refractivity contribution >= 4 is 6.08 Å². The molecular formula is C24H29. The van der Waals surface area contributed by atoms with Crippen LogP contribution in [-0.4, -0.2) is 0 Å². The first kappa shape index (κ1) is 17.0. The Kier molecular flexibility index (Phi) is 5.91. The molecule has 0 spiro atoms.